The summed E-state index contributed by atoms with van der Waals surface area (Å²) in [6.07, 6.45) is 20.4. The van der Waals surface area contributed by atoms with Gasteiger partial charge in [0.2, 0.25) is 0 Å². The summed E-state index contributed by atoms with van der Waals surface area (Å²) in [7, 11) is 0. The number of hydrogen-bond acceptors (Lipinski definition) is 3. The van der Waals surface area contributed by atoms with Crippen LogP contribution in [0.5, 0.6) is 0 Å². The van der Waals surface area contributed by atoms with E-state index in [1.54, 1.807) is 0 Å². The van der Waals surface area contributed by atoms with Gasteiger partial charge in [-0.05, 0) is 0 Å². The zero-order chi connectivity index (χ0) is 17.4. The molecule has 23 heavy (non-hydrogen) atoms. The molecule has 0 heterocycles. The predicted octanol–water partition coefficient (Wildman–Crippen LogP) is 5.05. The Hall–Kier alpha value is -0.120. The van der Waals surface area contributed by atoms with Crippen LogP contribution in [0.2, 0.25) is 0 Å². The molecule has 0 aromatic rings. The van der Waals surface area contributed by atoms with E-state index in [0.29, 0.717) is 13.1 Å². The zero-order valence-electron chi connectivity index (χ0n) is 16.1. The van der Waals surface area contributed by atoms with E-state index in [9.17, 15) is 0 Å². The largest absolute Gasteiger partial charge is 0.395 e. The Kier molecular flexibility index (Phi) is 29.2. The highest BCUT2D eigenvalue weighted by Gasteiger charge is 1.92. The maximum atomic E-state index is 8.15. The number of aliphatic hydroxyl groups is 2. The van der Waals surface area contributed by atoms with Gasteiger partial charge in [-0.25, -0.2) is 0 Å². The second-order valence-corrected chi connectivity index (χ2v) is 6.44. The fraction of sp³-hybridized carbons (Fsp3) is 1.00. The molecule has 0 amide bonds. The first-order chi connectivity index (χ1) is 11.3. The molecular weight excluding hydrogens is 286 g/mol. The normalized spacial score (nSPS) is 10.4. The smallest absolute Gasteiger partial charge is 0.0555 e. The van der Waals surface area contributed by atoms with Gasteiger partial charge in [-0.1, -0.05) is 104 Å². The van der Waals surface area contributed by atoms with Crippen LogP contribution in [0.3, 0.4) is 0 Å². The first-order valence-electron chi connectivity index (χ1n) is 10.3. The Morgan fingerprint density at radius 1 is 0.478 bits per heavy atom. The van der Waals surface area contributed by atoms with Crippen LogP contribution < -0.4 is 5.32 Å². The molecule has 0 aromatic carbocycles. The van der Waals surface area contributed by atoms with Crippen molar-refractivity contribution < 1.29 is 10.2 Å². The maximum absolute atomic E-state index is 8.15. The SMILES string of the molecule is CCCCCCCCCCCCCCCC.OCCNCCO. The lowest BCUT2D eigenvalue weighted by Gasteiger charge is -2.02. The van der Waals surface area contributed by atoms with Gasteiger partial charge in [-0.3, -0.25) is 0 Å². The van der Waals surface area contributed by atoms with Gasteiger partial charge in [0.25, 0.3) is 0 Å². The van der Waals surface area contributed by atoms with Crippen molar-refractivity contribution in [3.8, 4) is 0 Å². The predicted molar refractivity (Wildman–Crippen MR) is 103 cm³/mol. The number of unbranched alkanes of at least 4 members (excludes halogenated alkanes) is 13. The Balaban J connectivity index is 0. The summed E-state index contributed by atoms with van der Waals surface area (Å²) >= 11 is 0. The van der Waals surface area contributed by atoms with Gasteiger partial charge in [-0.15, -0.1) is 0 Å². The lowest BCUT2D eigenvalue weighted by atomic mass is 10.0. The zero-order valence-corrected chi connectivity index (χ0v) is 16.1. The Bertz CT molecular complexity index is 159. The van der Waals surface area contributed by atoms with E-state index in [1.807, 2.05) is 0 Å². The second kappa shape index (κ2) is 26.8. The average Bonchev–Trinajstić information content (AvgIpc) is 2.57. The van der Waals surface area contributed by atoms with Gasteiger partial charge in [0.1, 0.15) is 0 Å². The van der Waals surface area contributed by atoms with Crippen molar-refractivity contribution in [1.29, 1.82) is 0 Å². The molecule has 0 aliphatic heterocycles. The maximum Gasteiger partial charge on any atom is 0.0555 e. The van der Waals surface area contributed by atoms with Crippen LogP contribution in [0.25, 0.3) is 0 Å². The number of rotatable bonds is 17. The van der Waals surface area contributed by atoms with Crippen LogP contribution in [0.15, 0.2) is 0 Å². The average molecular weight is 332 g/mol. The van der Waals surface area contributed by atoms with Crippen LogP contribution in [0, 0.1) is 0 Å². The molecule has 0 saturated carbocycles. The summed E-state index contributed by atoms with van der Waals surface area (Å²) in [5.74, 6) is 0. The molecule has 0 bridgehead atoms. The molecule has 0 spiro atoms. The van der Waals surface area contributed by atoms with Crippen molar-refractivity contribution in [3.63, 3.8) is 0 Å². The molecule has 3 heteroatoms. The number of hydrogen-bond donors (Lipinski definition) is 3. The highest BCUT2D eigenvalue weighted by atomic mass is 16.3. The summed E-state index contributed by atoms with van der Waals surface area (Å²) in [6, 6.07) is 0. The van der Waals surface area contributed by atoms with Crippen LogP contribution in [0.4, 0.5) is 0 Å². The van der Waals surface area contributed by atoms with E-state index in [0.717, 1.165) is 0 Å². The van der Waals surface area contributed by atoms with Crippen LogP contribution >= 0.6 is 0 Å². The summed E-state index contributed by atoms with van der Waals surface area (Å²) in [5.41, 5.74) is 0. The van der Waals surface area contributed by atoms with Crippen molar-refractivity contribution in [2.45, 2.75) is 104 Å². The van der Waals surface area contributed by atoms with E-state index < -0.39 is 0 Å². The van der Waals surface area contributed by atoms with Gasteiger partial charge < -0.3 is 15.5 Å². The lowest BCUT2D eigenvalue weighted by Crippen LogP contribution is -2.21. The monoisotopic (exact) mass is 331 g/mol. The molecule has 3 nitrogen and oxygen atoms in total. The van der Waals surface area contributed by atoms with E-state index >= 15 is 0 Å². The van der Waals surface area contributed by atoms with Gasteiger partial charge in [0.05, 0.1) is 13.2 Å². The fourth-order valence-corrected chi connectivity index (χ4v) is 2.55. The minimum absolute atomic E-state index is 0.139. The summed E-state index contributed by atoms with van der Waals surface area (Å²) in [6.45, 7) is 6.00. The molecule has 0 aromatic heterocycles. The van der Waals surface area contributed by atoms with E-state index in [-0.39, 0.29) is 13.2 Å². The molecule has 0 atom stereocenters. The van der Waals surface area contributed by atoms with Crippen molar-refractivity contribution in [2.75, 3.05) is 26.3 Å². The van der Waals surface area contributed by atoms with Crippen molar-refractivity contribution in [1.82, 2.24) is 5.32 Å². The highest BCUT2D eigenvalue weighted by molar-refractivity contribution is 4.48. The molecule has 0 saturated heterocycles. The van der Waals surface area contributed by atoms with Gasteiger partial charge in [0, 0.05) is 13.1 Å². The molecule has 142 valence electrons. The van der Waals surface area contributed by atoms with E-state index in [1.165, 1.54) is 89.9 Å². The summed E-state index contributed by atoms with van der Waals surface area (Å²) in [4.78, 5) is 0. The second-order valence-electron chi connectivity index (χ2n) is 6.44. The van der Waals surface area contributed by atoms with Crippen LogP contribution in [0.1, 0.15) is 104 Å². The van der Waals surface area contributed by atoms with E-state index in [4.69, 9.17) is 10.2 Å². The third-order valence-corrected chi connectivity index (χ3v) is 4.03. The molecule has 0 unspecified atom stereocenters. The van der Waals surface area contributed by atoms with Crippen LogP contribution in [-0.4, -0.2) is 36.5 Å². The first-order valence-corrected chi connectivity index (χ1v) is 10.3. The third-order valence-electron chi connectivity index (χ3n) is 4.03. The molecule has 0 fully saturated rings. The first kappa shape index (κ1) is 25.1. The Labute approximate surface area is 146 Å². The number of aliphatic hydroxyl groups excluding tert-OH is 2. The quantitative estimate of drug-likeness (QED) is 0.327. The fourth-order valence-electron chi connectivity index (χ4n) is 2.55. The third kappa shape index (κ3) is 30.3. The summed E-state index contributed by atoms with van der Waals surface area (Å²) in [5, 5.41) is 19.1. The Morgan fingerprint density at radius 2 is 0.739 bits per heavy atom. The minimum atomic E-state index is 0.139. The standard InChI is InChI=1S/C16H34.C4H11NO2/c1-3-5-7-9-11-13-15-16-14-12-10-8-6-4-2;6-3-1-5-2-4-7/h3-16H2,1-2H3;5-7H,1-4H2. The van der Waals surface area contributed by atoms with Crippen molar-refractivity contribution >= 4 is 0 Å². The van der Waals surface area contributed by atoms with Crippen molar-refractivity contribution in [2.24, 2.45) is 0 Å². The van der Waals surface area contributed by atoms with Gasteiger partial charge in [0.15, 0.2) is 0 Å². The molecule has 0 radical (unpaired) electrons. The minimum Gasteiger partial charge on any atom is -0.395 e. The van der Waals surface area contributed by atoms with Gasteiger partial charge >= 0.3 is 0 Å². The molecular formula is C20H45NO2. The van der Waals surface area contributed by atoms with Crippen molar-refractivity contribution in [3.05, 3.63) is 0 Å². The Morgan fingerprint density at radius 3 is 0.957 bits per heavy atom. The van der Waals surface area contributed by atoms with E-state index in [2.05, 4.69) is 19.2 Å². The molecule has 3 N–H and O–H groups in total. The summed E-state index contributed by atoms with van der Waals surface area (Å²) < 4.78 is 0. The molecule has 0 rings (SSSR count). The topological polar surface area (TPSA) is 52.5 Å². The molecule has 0 aliphatic carbocycles. The lowest BCUT2D eigenvalue weighted by molar-refractivity contribution is 0.267. The van der Waals surface area contributed by atoms with Gasteiger partial charge in [-0.2, -0.15) is 0 Å². The highest BCUT2D eigenvalue weighted by Crippen LogP contribution is 2.12. The van der Waals surface area contributed by atoms with Crippen LogP contribution in [-0.2, 0) is 0 Å². The molecule has 0 aliphatic rings. The number of nitrogens with one attached hydrogen (secondary N) is 1.